The lowest BCUT2D eigenvalue weighted by Crippen LogP contribution is -2.05. The van der Waals surface area contributed by atoms with Crippen LogP contribution in [0.4, 0.5) is 0 Å². The van der Waals surface area contributed by atoms with Crippen LogP contribution in [0.5, 0.6) is 5.75 Å². The van der Waals surface area contributed by atoms with Crippen LogP contribution in [0.25, 0.3) is 10.6 Å². The maximum absolute atomic E-state index is 10.6. The van der Waals surface area contributed by atoms with Gasteiger partial charge in [-0.15, -0.1) is 11.3 Å². The lowest BCUT2D eigenvalue weighted by Gasteiger charge is -2.09. The Labute approximate surface area is 115 Å². The van der Waals surface area contributed by atoms with Gasteiger partial charge in [0.05, 0.1) is 12.5 Å². The molecule has 4 nitrogen and oxygen atoms in total. The van der Waals surface area contributed by atoms with Gasteiger partial charge in [0.1, 0.15) is 10.8 Å². The second kappa shape index (κ2) is 5.84. The van der Waals surface area contributed by atoms with E-state index in [4.69, 9.17) is 9.84 Å². The van der Waals surface area contributed by atoms with Crippen LogP contribution in [0.1, 0.15) is 18.7 Å². The molecule has 0 aliphatic carbocycles. The van der Waals surface area contributed by atoms with Gasteiger partial charge in [-0.3, -0.25) is 4.79 Å². The number of ether oxygens (including phenoxy) is 1. The Morgan fingerprint density at radius 3 is 2.63 bits per heavy atom. The van der Waals surface area contributed by atoms with Crippen molar-refractivity contribution in [3.05, 3.63) is 35.3 Å². The maximum Gasteiger partial charge on any atom is 0.308 e. The van der Waals surface area contributed by atoms with Gasteiger partial charge in [0.15, 0.2) is 0 Å². The van der Waals surface area contributed by atoms with Crippen LogP contribution in [-0.4, -0.2) is 22.2 Å². The second-order valence-corrected chi connectivity index (χ2v) is 5.51. The molecule has 0 radical (unpaired) electrons. The molecule has 19 heavy (non-hydrogen) atoms. The smallest absolute Gasteiger partial charge is 0.308 e. The largest absolute Gasteiger partial charge is 0.491 e. The van der Waals surface area contributed by atoms with Gasteiger partial charge < -0.3 is 9.84 Å². The molecule has 0 saturated heterocycles. The van der Waals surface area contributed by atoms with Crippen LogP contribution in [-0.2, 0) is 11.2 Å². The fourth-order valence-electron chi connectivity index (χ4n) is 1.62. The fourth-order valence-corrected chi connectivity index (χ4v) is 2.53. The standard InChI is InChI=1S/C14H15NO3S/c1-9(2)18-11-5-3-10(4-6-11)14-15-8-12(19-14)7-13(16)17/h3-6,8-9H,7H2,1-2H3,(H,16,17). The molecule has 0 fully saturated rings. The third kappa shape index (κ3) is 3.79. The molecule has 1 N–H and O–H groups in total. The number of benzene rings is 1. The number of thiazole rings is 1. The maximum atomic E-state index is 10.6. The van der Waals surface area contributed by atoms with E-state index in [1.165, 1.54) is 11.3 Å². The zero-order valence-electron chi connectivity index (χ0n) is 10.8. The van der Waals surface area contributed by atoms with E-state index in [0.717, 1.165) is 21.2 Å². The Hall–Kier alpha value is -1.88. The van der Waals surface area contributed by atoms with Crippen molar-refractivity contribution >= 4 is 17.3 Å². The number of aromatic nitrogens is 1. The predicted octanol–water partition coefficient (Wildman–Crippen LogP) is 3.22. The van der Waals surface area contributed by atoms with Gasteiger partial charge in [0, 0.05) is 16.6 Å². The summed E-state index contributed by atoms with van der Waals surface area (Å²) in [5.41, 5.74) is 0.970. The number of nitrogens with zero attached hydrogens (tertiary/aromatic N) is 1. The van der Waals surface area contributed by atoms with Crippen molar-refractivity contribution in [1.29, 1.82) is 0 Å². The Morgan fingerprint density at radius 2 is 2.05 bits per heavy atom. The van der Waals surface area contributed by atoms with E-state index in [0.29, 0.717) is 0 Å². The molecule has 2 rings (SSSR count). The fraction of sp³-hybridized carbons (Fsp3) is 0.286. The molecule has 5 heteroatoms. The van der Waals surface area contributed by atoms with Gasteiger partial charge in [-0.25, -0.2) is 4.98 Å². The van der Waals surface area contributed by atoms with Crippen LogP contribution >= 0.6 is 11.3 Å². The molecule has 0 aliphatic rings. The lowest BCUT2D eigenvalue weighted by molar-refractivity contribution is -0.136. The van der Waals surface area contributed by atoms with Crippen molar-refractivity contribution in [1.82, 2.24) is 4.98 Å². The van der Waals surface area contributed by atoms with Crippen LogP contribution < -0.4 is 4.74 Å². The minimum absolute atomic E-state index is 0.0201. The SMILES string of the molecule is CC(C)Oc1ccc(-c2ncc(CC(=O)O)s2)cc1. The Balaban J connectivity index is 2.13. The molecule has 0 bridgehead atoms. The number of aliphatic carboxylic acids is 1. The first-order chi connectivity index (χ1) is 9.04. The van der Waals surface area contributed by atoms with Crippen LogP contribution in [0.3, 0.4) is 0 Å². The molecule has 0 spiro atoms. The van der Waals surface area contributed by atoms with Gasteiger partial charge in [-0.2, -0.15) is 0 Å². The van der Waals surface area contributed by atoms with Crippen LogP contribution in [0.15, 0.2) is 30.5 Å². The number of carboxylic acid groups (broad SMARTS) is 1. The van der Waals surface area contributed by atoms with E-state index in [1.54, 1.807) is 6.20 Å². The summed E-state index contributed by atoms with van der Waals surface area (Å²) in [6.45, 7) is 3.96. The Kier molecular flexibility index (Phi) is 4.16. The average molecular weight is 277 g/mol. The summed E-state index contributed by atoms with van der Waals surface area (Å²) in [4.78, 5) is 15.6. The molecule has 1 aromatic carbocycles. The van der Waals surface area contributed by atoms with E-state index >= 15 is 0 Å². The average Bonchev–Trinajstić information content (AvgIpc) is 2.76. The van der Waals surface area contributed by atoms with E-state index in [1.807, 2.05) is 38.1 Å². The Bertz CT molecular complexity index is 560. The first-order valence-corrected chi connectivity index (χ1v) is 6.80. The topological polar surface area (TPSA) is 59.4 Å². The number of carboxylic acids is 1. The molecule has 0 atom stereocenters. The summed E-state index contributed by atoms with van der Waals surface area (Å²) in [6.07, 6.45) is 1.78. The highest BCUT2D eigenvalue weighted by Gasteiger charge is 2.08. The normalized spacial score (nSPS) is 10.7. The van der Waals surface area contributed by atoms with Crippen LogP contribution in [0.2, 0.25) is 0 Å². The van der Waals surface area contributed by atoms with E-state index in [9.17, 15) is 4.79 Å². The molecule has 0 unspecified atom stereocenters. The number of hydrogen-bond donors (Lipinski definition) is 1. The van der Waals surface area contributed by atoms with E-state index < -0.39 is 5.97 Å². The van der Waals surface area contributed by atoms with Crippen molar-refractivity contribution < 1.29 is 14.6 Å². The summed E-state index contributed by atoms with van der Waals surface area (Å²) in [5, 5.41) is 9.56. The first-order valence-electron chi connectivity index (χ1n) is 5.98. The zero-order chi connectivity index (χ0) is 13.8. The summed E-state index contributed by atoms with van der Waals surface area (Å²) in [5.74, 6) is -0.0167. The van der Waals surface area contributed by atoms with Crippen molar-refractivity contribution in [3.8, 4) is 16.3 Å². The second-order valence-electron chi connectivity index (χ2n) is 4.39. The summed E-state index contributed by atoms with van der Waals surface area (Å²) >= 11 is 1.40. The number of carbonyl (C=O) groups is 1. The molecular weight excluding hydrogens is 262 g/mol. The molecule has 0 aliphatic heterocycles. The minimum atomic E-state index is -0.837. The first kappa shape index (κ1) is 13.5. The van der Waals surface area contributed by atoms with Crippen molar-refractivity contribution in [2.45, 2.75) is 26.4 Å². The van der Waals surface area contributed by atoms with Crippen molar-refractivity contribution in [2.24, 2.45) is 0 Å². The van der Waals surface area contributed by atoms with Gasteiger partial charge in [-0.1, -0.05) is 0 Å². The highest BCUT2D eigenvalue weighted by molar-refractivity contribution is 7.15. The molecule has 1 heterocycles. The van der Waals surface area contributed by atoms with Gasteiger partial charge in [0.25, 0.3) is 0 Å². The molecule has 0 amide bonds. The third-order valence-electron chi connectivity index (χ3n) is 2.35. The molecule has 0 saturated carbocycles. The highest BCUT2D eigenvalue weighted by Crippen LogP contribution is 2.27. The summed E-state index contributed by atoms with van der Waals surface area (Å²) in [6, 6.07) is 7.66. The quantitative estimate of drug-likeness (QED) is 0.911. The van der Waals surface area contributed by atoms with Gasteiger partial charge in [0.2, 0.25) is 0 Å². The van der Waals surface area contributed by atoms with E-state index in [2.05, 4.69) is 4.98 Å². The third-order valence-corrected chi connectivity index (χ3v) is 3.40. The molecule has 2 aromatic rings. The van der Waals surface area contributed by atoms with E-state index in [-0.39, 0.29) is 12.5 Å². The monoisotopic (exact) mass is 277 g/mol. The van der Waals surface area contributed by atoms with Crippen molar-refractivity contribution in [3.63, 3.8) is 0 Å². The molecular formula is C14H15NO3S. The Morgan fingerprint density at radius 1 is 1.37 bits per heavy atom. The summed E-state index contributed by atoms with van der Waals surface area (Å²) in [7, 11) is 0. The predicted molar refractivity (Wildman–Crippen MR) is 74.7 cm³/mol. The van der Waals surface area contributed by atoms with Gasteiger partial charge >= 0.3 is 5.97 Å². The zero-order valence-corrected chi connectivity index (χ0v) is 11.6. The number of rotatable bonds is 5. The highest BCUT2D eigenvalue weighted by atomic mass is 32.1. The van der Waals surface area contributed by atoms with Crippen molar-refractivity contribution in [2.75, 3.05) is 0 Å². The molecule has 100 valence electrons. The minimum Gasteiger partial charge on any atom is -0.491 e. The van der Waals surface area contributed by atoms with Gasteiger partial charge in [-0.05, 0) is 38.1 Å². The molecule has 1 aromatic heterocycles. The number of hydrogen-bond acceptors (Lipinski definition) is 4. The van der Waals surface area contributed by atoms with Crippen LogP contribution in [0, 0.1) is 0 Å². The lowest BCUT2D eigenvalue weighted by atomic mass is 10.2. The summed E-state index contributed by atoms with van der Waals surface area (Å²) < 4.78 is 5.57.